The highest BCUT2D eigenvalue weighted by Crippen LogP contribution is 2.15. The van der Waals surface area contributed by atoms with Gasteiger partial charge < -0.3 is 9.47 Å². The monoisotopic (exact) mass is 184 g/mol. The second-order valence-corrected chi connectivity index (χ2v) is 3.61. The SMILES string of the molecule is CCCCOCC1COCC=C1C. The van der Waals surface area contributed by atoms with Crippen LogP contribution in [0.25, 0.3) is 0 Å². The zero-order valence-corrected chi connectivity index (χ0v) is 8.71. The summed E-state index contributed by atoms with van der Waals surface area (Å²) in [7, 11) is 0. The van der Waals surface area contributed by atoms with E-state index in [9.17, 15) is 0 Å². The maximum Gasteiger partial charge on any atom is 0.0650 e. The van der Waals surface area contributed by atoms with Gasteiger partial charge in [0.1, 0.15) is 0 Å². The van der Waals surface area contributed by atoms with Crippen LogP contribution in [-0.4, -0.2) is 26.4 Å². The maximum absolute atomic E-state index is 5.56. The first kappa shape index (κ1) is 10.7. The van der Waals surface area contributed by atoms with Crippen LogP contribution >= 0.6 is 0 Å². The van der Waals surface area contributed by atoms with Gasteiger partial charge in [-0.3, -0.25) is 0 Å². The number of unbranched alkanes of at least 4 members (excludes halogenated alkanes) is 1. The van der Waals surface area contributed by atoms with E-state index in [1.165, 1.54) is 12.0 Å². The summed E-state index contributed by atoms with van der Waals surface area (Å²) in [4.78, 5) is 0. The minimum absolute atomic E-state index is 0.491. The molecule has 0 saturated heterocycles. The van der Waals surface area contributed by atoms with Crippen molar-refractivity contribution in [3.05, 3.63) is 11.6 Å². The van der Waals surface area contributed by atoms with Gasteiger partial charge in [-0.1, -0.05) is 25.0 Å². The Labute approximate surface area is 80.9 Å². The number of hydrogen-bond donors (Lipinski definition) is 0. The van der Waals surface area contributed by atoms with Gasteiger partial charge in [-0.2, -0.15) is 0 Å². The second kappa shape index (κ2) is 6.17. The summed E-state index contributed by atoms with van der Waals surface area (Å²) in [5.41, 5.74) is 1.42. The zero-order chi connectivity index (χ0) is 9.52. The lowest BCUT2D eigenvalue weighted by Crippen LogP contribution is -2.21. The van der Waals surface area contributed by atoms with E-state index in [0.29, 0.717) is 5.92 Å². The van der Waals surface area contributed by atoms with Gasteiger partial charge >= 0.3 is 0 Å². The van der Waals surface area contributed by atoms with Crippen LogP contribution in [0, 0.1) is 5.92 Å². The smallest absolute Gasteiger partial charge is 0.0650 e. The fourth-order valence-corrected chi connectivity index (χ4v) is 1.35. The second-order valence-electron chi connectivity index (χ2n) is 3.61. The van der Waals surface area contributed by atoms with Gasteiger partial charge in [0, 0.05) is 12.5 Å². The van der Waals surface area contributed by atoms with Crippen LogP contribution in [0.3, 0.4) is 0 Å². The van der Waals surface area contributed by atoms with Crippen molar-refractivity contribution in [1.82, 2.24) is 0 Å². The molecule has 1 atom stereocenters. The summed E-state index contributed by atoms with van der Waals surface area (Å²) in [6.45, 7) is 7.66. The van der Waals surface area contributed by atoms with Crippen molar-refractivity contribution in [2.45, 2.75) is 26.7 Å². The predicted octanol–water partition coefficient (Wildman–Crippen LogP) is 2.40. The molecule has 0 radical (unpaired) electrons. The van der Waals surface area contributed by atoms with Crippen molar-refractivity contribution < 1.29 is 9.47 Å². The molecule has 1 rings (SSSR count). The molecule has 0 spiro atoms. The Hall–Kier alpha value is -0.340. The topological polar surface area (TPSA) is 18.5 Å². The third-order valence-electron chi connectivity index (χ3n) is 2.45. The van der Waals surface area contributed by atoms with Crippen LogP contribution in [0.4, 0.5) is 0 Å². The fourth-order valence-electron chi connectivity index (χ4n) is 1.35. The Morgan fingerprint density at radius 2 is 2.46 bits per heavy atom. The summed E-state index contributed by atoms with van der Waals surface area (Å²) in [5, 5.41) is 0. The Morgan fingerprint density at radius 3 is 3.15 bits per heavy atom. The van der Waals surface area contributed by atoms with Gasteiger partial charge in [0.2, 0.25) is 0 Å². The molecule has 2 nitrogen and oxygen atoms in total. The normalized spacial score (nSPS) is 22.9. The van der Waals surface area contributed by atoms with Crippen molar-refractivity contribution in [3.8, 4) is 0 Å². The molecule has 0 N–H and O–H groups in total. The van der Waals surface area contributed by atoms with Crippen molar-refractivity contribution >= 4 is 0 Å². The molecule has 2 heteroatoms. The quantitative estimate of drug-likeness (QED) is 0.482. The van der Waals surface area contributed by atoms with Crippen molar-refractivity contribution in [2.24, 2.45) is 5.92 Å². The molecule has 0 bridgehead atoms. The Bertz CT molecular complexity index is 163. The Balaban J connectivity index is 2.13. The first-order valence-electron chi connectivity index (χ1n) is 5.16. The van der Waals surface area contributed by atoms with Gasteiger partial charge in [-0.05, 0) is 13.3 Å². The summed E-state index contributed by atoms with van der Waals surface area (Å²) in [5.74, 6) is 0.491. The molecule has 0 amide bonds. The Kier molecular flexibility index (Phi) is 5.09. The first-order chi connectivity index (χ1) is 6.34. The summed E-state index contributed by atoms with van der Waals surface area (Å²) in [6, 6.07) is 0. The van der Waals surface area contributed by atoms with E-state index >= 15 is 0 Å². The van der Waals surface area contributed by atoms with Crippen LogP contribution in [-0.2, 0) is 9.47 Å². The van der Waals surface area contributed by atoms with E-state index in [1.807, 2.05) is 0 Å². The predicted molar refractivity (Wildman–Crippen MR) is 53.8 cm³/mol. The van der Waals surface area contributed by atoms with E-state index in [2.05, 4.69) is 19.9 Å². The van der Waals surface area contributed by atoms with Crippen LogP contribution in [0.1, 0.15) is 26.7 Å². The third-order valence-corrected chi connectivity index (χ3v) is 2.45. The third kappa shape index (κ3) is 3.92. The minimum Gasteiger partial charge on any atom is -0.381 e. The van der Waals surface area contributed by atoms with Crippen molar-refractivity contribution in [2.75, 3.05) is 26.4 Å². The standard InChI is InChI=1S/C11H20O2/c1-3-4-6-12-8-11-9-13-7-5-10(11)2/h5,11H,3-4,6-9H2,1-2H3. The molecular weight excluding hydrogens is 164 g/mol. The van der Waals surface area contributed by atoms with Crippen LogP contribution < -0.4 is 0 Å². The number of rotatable bonds is 5. The van der Waals surface area contributed by atoms with E-state index in [-0.39, 0.29) is 0 Å². The lowest BCUT2D eigenvalue weighted by atomic mass is 10.0. The number of hydrogen-bond acceptors (Lipinski definition) is 2. The lowest BCUT2D eigenvalue weighted by molar-refractivity contribution is 0.0511. The molecule has 0 aliphatic carbocycles. The molecule has 0 fully saturated rings. The molecule has 0 aromatic rings. The Morgan fingerprint density at radius 1 is 1.62 bits per heavy atom. The largest absolute Gasteiger partial charge is 0.381 e. The van der Waals surface area contributed by atoms with E-state index in [4.69, 9.17) is 9.47 Å². The van der Waals surface area contributed by atoms with Crippen LogP contribution in [0.15, 0.2) is 11.6 Å². The van der Waals surface area contributed by atoms with Gasteiger partial charge in [0.25, 0.3) is 0 Å². The lowest BCUT2D eigenvalue weighted by Gasteiger charge is -2.21. The molecule has 76 valence electrons. The molecule has 1 unspecified atom stereocenters. The highest BCUT2D eigenvalue weighted by atomic mass is 16.5. The van der Waals surface area contributed by atoms with Crippen LogP contribution in [0.2, 0.25) is 0 Å². The molecule has 1 heterocycles. The van der Waals surface area contributed by atoms with Gasteiger partial charge in [-0.15, -0.1) is 0 Å². The fraction of sp³-hybridized carbons (Fsp3) is 0.818. The summed E-state index contributed by atoms with van der Waals surface area (Å²) in [6.07, 6.45) is 4.52. The van der Waals surface area contributed by atoms with E-state index in [1.54, 1.807) is 0 Å². The molecule has 1 aliphatic heterocycles. The van der Waals surface area contributed by atoms with E-state index < -0.39 is 0 Å². The summed E-state index contributed by atoms with van der Waals surface area (Å²) < 4.78 is 10.9. The molecule has 0 saturated carbocycles. The molecule has 0 aromatic carbocycles. The number of ether oxygens (including phenoxy) is 2. The zero-order valence-electron chi connectivity index (χ0n) is 8.71. The van der Waals surface area contributed by atoms with Gasteiger partial charge in [-0.25, -0.2) is 0 Å². The average Bonchev–Trinajstić information content (AvgIpc) is 2.15. The first-order valence-corrected chi connectivity index (χ1v) is 5.16. The maximum atomic E-state index is 5.56. The van der Waals surface area contributed by atoms with Gasteiger partial charge in [0.15, 0.2) is 0 Å². The van der Waals surface area contributed by atoms with Crippen molar-refractivity contribution in [3.63, 3.8) is 0 Å². The minimum atomic E-state index is 0.491. The summed E-state index contributed by atoms with van der Waals surface area (Å²) >= 11 is 0. The van der Waals surface area contributed by atoms with E-state index in [0.717, 1.165) is 32.8 Å². The van der Waals surface area contributed by atoms with Gasteiger partial charge in [0.05, 0.1) is 19.8 Å². The average molecular weight is 184 g/mol. The van der Waals surface area contributed by atoms with Crippen molar-refractivity contribution in [1.29, 1.82) is 0 Å². The molecule has 1 aliphatic rings. The molecular formula is C11H20O2. The van der Waals surface area contributed by atoms with Crippen LogP contribution in [0.5, 0.6) is 0 Å². The highest BCUT2D eigenvalue weighted by molar-refractivity contribution is 5.06. The molecule has 13 heavy (non-hydrogen) atoms. The highest BCUT2D eigenvalue weighted by Gasteiger charge is 2.14. The molecule has 0 aromatic heterocycles.